The number of nitrogens with two attached hydrogens (primary N) is 1. The van der Waals surface area contributed by atoms with Crippen molar-refractivity contribution in [2.75, 3.05) is 37.5 Å². The first-order valence-electron chi connectivity index (χ1n) is 4.94. The Kier molecular flexibility index (Phi) is 2.98. The lowest BCUT2D eigenvalue weighted by Gasteiger charge is -2.27. The molecular formula is C9H15N5O. The molecule has 0 spiro atoms. The third-order valence-electron chi connectivity index (χ3n) is 2.14. The number of anilines is 2. The summed E-state index contributed by atoms with van der Waals surface area (Å²) in [6.45, 7) is 5.01. The van der Waals surface area contributed by atoms with Crippen LogP contribution in [-0.2, 0) is 4.74 Å². The Morgan fingerprint density at radius 3 is 2.80 bits per heavy atom. The van der Waals surface area contributed by atoms with Crippen molar-refractivity contribution in [3.63, 3.8) is 0 Å². The van der Waals surface area contributed by atoms with Gasteiger partial charge in [0.1, 0.15) is 17.5 Å². The van der Waals surface area contributed by atoms with Gasteiger partial charge in [0.2, 0.25) is 0 Å². The van der Waals surface area contributed by atoms with Crippen molar-refractivity contribution in [3.05, 3.63) is 11.9 Å². The molecule has 3 N–H and O–H groups in total. The minimum absolute atomic E-state index is 0.484. The molecule has 1 aromatic rings. The molecule has 6 heteroatoms. The number of aromatic nitrogens is 2. The van der Waals surface area contributed by atoms with Crippen molar-refractivity contribution in [3.8, 4) is 0 Å². The highest BCUT2D eigenvalue weighted by atomic mass is 16.5. The second-order valence-electron chi connectivity index (χ2n) is 3.44. The Hall–Kier alpha value is -1.40. The summed E-state index contributed by atoms with van der Waals surface area (Å²) in [6.07, 6.45) is 0. The molecule has 82 valence electrons. The second-order valence-corrected chi connectivity index (χ2v) is 3.44. The van der Waals surface area contributed by atoms with Crippen molar-refractivity contribution in [2.24, 2.45) is 0 Å². The van der Waals surface area contributed by atoms with E-state index in [2.05, 4.69) is 20.4 Å². The standard InChI is InChI=1S/C9H15N5O/c1-7-11-8(10)6-9(12-7)13-14-2-4-15-5-3-14/h6H,2-5H2,1H3,(H3,10,11,12,13). The summed E-state index contributed by atoms with van der Waals surface area (Å²) < 4.78 is 5.25. The number of hydrogen-bond donors (Lipinski definition) is 2. The van der Waals surface area contributed by atoms with E-state index in [0.29, 0.717) is 11.6 Å². The maximum Gasteiger partial charge on any atom is 0.146 e. The van der Waals surface area contributed by atoms with Gasteiger partial charge in [-0.1, -0.05) is 0 Å². The van der Waals surface area contributed by atoms with Crippen LogP contribution in [0, 0.1) is 6.92 Å². The first-order valence-corrected chi connectivity index (χ1v) is 4.94. The van der Waals surface area contributed by atoms with Gasteiger partial charge in [0.25, 0.3) is 0 Å². The molecule has 1 aromatic heterocycles. The van der Waals surface area contributed by atoms with Crippen molar-refractivity contribution < 1.29 is 4.74 Å². The fourth-order valence-electron chi connectivity index (χ4n) is 1.49. The SMILES string of the molecule is Cc1nc(N)cc(NN2CCOCC2)n1. The predicted octanol–water partition coefficient (Wildman–Crippen LogP) is 0.0263. The Balaban J connectivity index is 2.02. The van der Waals surface area contributed by atoms with E-state index >= 15 is 0 Å². The van der Waals surface area contributed by atoms with Gasteiger partial charge in [0.05, 0.1) is 13.2 Å². The zero-order chi connectivity index (χ0) is 10.7. The van der Waals surface area contributed by atoms with Gasteiger partial charge in [0.15, 0.2) is 0 Å². The maximum atomic E-state index is 5.63. The van der Waals surface area contributed by atoms with Gasteiger partial charge in [-0.3, -0.25) is 0 Å². The molecule has 15 heavy (non-hydrogen) atoms. The van der Waals surface area contributed by atoms with Crippen LogP contribution in [0.15, 0.2) is 6.07 Å². The zero-order valence-corrected chi connectivity index (χ0v) is 8.73. The molecule has 0 atom stereocenters. The highest BCUT2D eigenvalue weighted by Crippen LogP contribution is 2.09. The molecule has 0 aliphatic carbocycles. The van der Waals surface area contributed by atoms with Crippen LogP contribution in [0.4, 0.5) is 11.6 Å². The first kappa shape index (κ1) is 10.1. The number of rotatable bonds is 2. The van der Waals surface area contributed by atoms with E-state index in [-0.39, 0.29) is 0 Å². The minimum atomic E-state index is 0.484. The summed E-state index contributed by atoms with van der Waals surface area (Å²) in [5.41, 5.74) is 8.81. The van der Waals surface area contributed by atoms with E-state index < -0.39 is 0 Å². The van der Waals surface area contributed by atoms with E-state index in [1.54, 1.807) is 6.07 Å². The number of morpholine rings is 1. The number of nitrogens with one attached hydrogen (secondary N) is 1. The van der Waals surface area contributed by atoms with Crippen LogP contribution in [0.5, 0.6) is 0 Å². The monoisotopic (exact) mass is 209 g/mol. The molecule has 0 radical (unpaired) electrons. The third kappa shape index (κ3) is 2.77. The van der Waals surface area contributed by atoms with E-state index in [1.165, 1.54) is 0 Å². The quantitative estimate of drug-likeness (QED) is 0.715. The topological polar surface area (TPSA) is 76.3 Å². The van der Waals surface area contributed by atoms with Crippen LogP contribution >= 0.6 is 0 Å². The smallest absolute Gasteiger partial charge is 0.146 e. The lowest BCUT2D eigenvalue weighted by atomic mass is 10.5. The van der Waals surface area contributed by atoms with Crippen LogP contribution in [0.3, 0.4) is 0 Å². The normalized spacial score (nSPS) is 17.7. The van der Waals surface area contributed by atoms with Gasteiger partial charge in [-0.15, -0.1) is 0 Å². The Bertz CT molecular complexity index is 317. The van der Waals surface area contributed by atoms with Crippen LogP contribution in [0.2, 0.25) is 0 Å². The number of nitrogen functional groups attached to an aromatic ring is 1. The number of aryl methyl sites for hydroxylation is 1. The maximum absolute atomic E-state index is 5.63. The van der Waals surface area contributed by atoms with Crippen LogP contribution in [-0.4, -0.2) is 41.3 Å². The van der Waals surface area contributed by atoms with Crippen LogP contribution < -0.4 is 11.2 Å². The highest BCUT2D eigenvalue weighted by molar-refractivity contribution is 5.43. The first-order chi connectivity index (χ1) is 7.24. The zero-order valence-electron chi connectivity index (χ0n) is 8.73. The fraction of sp³-hybridized carbons (Fsp3) is 0.556. The predicted molar refractivity (Wildman–Crippen MR) is 57.2 cm³/mol. The third-order valence-corrected chi connectivity index (χ3v) is 2.14. The lowest BCUT2D eigenvalue weighted by molar-refractivity contribution is 0.0495. The Morgan fingerprint density at radius 1 is 1.40 bits per heavy atom. The van der Waals surface area contributed by atoms with Crippen molar-refractivity contribution in [1.29, 1.82) is 0 Å². The van der Waals surface area contributed by atoms with Gasteiger partial charge in [-0.05, 0) is 6.92 Å². The summed E-state index contributed by atoms with van der Waals surface area (Å²) in [4.78, 5) is 8.25. The Morgan fingerprint density at radius 2 is 2.13 bits per heavy atom. The summed E-state index contributed by atoms with van der Waals surface area (Å²) >= 11 is 0. The molecule has 2 rings (SSSR count). The van der Waals surface area contributed by atoms with Gasteiger partial charge >= 0.3 is 0 Å². The lowest BCUT2D eigenvalue weighted by Crippen LogP contribution is -2.40. The summed E-state index contributed by atoms with van der Waals surface area (Å²) in [7, 11) is 0. The highest BCUT2D eigenvalue weighted by Gasteiger charge is 2.10. The summed E-state index contributed by atoms with van der Waals surface area (Å²) in [6, 6.07) is 1.72. The van der Waals surface area contributed by atoms with Crippen molar-refractivity contribution in [2.45, 2.75) is 6.92 Å². The van der Waals surface area contributed by atoms with E-state index in [9.17, 15) is 0 Å². The van der Waals surface area contributed by atoms with Crippen molar-refractivity contribution in [1.82, 2.24) is 15.0 Å². The minimum Gasteiger partial charge on any atom is -0.384 e. The van der Waals surface area contributed by atoms with E-state index in [0.717, 1.165) is 32.1 Å². The Labute approximate surface area is 88.4 Å². The molecule has 0 saturated carbocycles. The molecule has 1 saturated heterocycles. The molecule has 0 bridgehead atoms. The van der Waals surface area contributed by atoms with E-state index in [1.807, 2.05) is 6.92 Å². The largest absolute Gasteiger partial charge is 0.384 e. The second kappa shape index (κ2) is 4.41. The molecule has 0 amide bonds. The average Bonchev–Trinajstić information content (AvgIpc) is 2.17. The molecular weight excluding hydrogens is 194 g/mol. The summed E-state index contributed by atoms with van der Waals surface area (Å²) in [5, 5.41) is 2.06. The van der Waals surface area contributed by atoms with Crippen LogP contribution in [0.25, 0.3) is 0 Å². The molecule has 1 aliphatic rings. The molecule has 2 heterocycles. The molecule has 0 unspecified atom stereocenters. The molecule has 0 aromatic carbocycles. The molecule has 1 aliphatic heterocycles. The number of hydrogen-bond acceptors (Lipinski definition) is 6. The van der Waals surface area contributed by atoms with Gasteiger partial charge in [-0.25, -0.2) is 15.0 Å². The molecule has 1 fully saturated rings. The average molecular weight is 209 g/mol. The van der Waals surface area contributed by atoms with Gasteiger partial charge in [-0.2, -0.15) is 0 Å². The van der Waals surface area contributed by atoms with Gasteiger partial charge < -0.3 is 15.9 Å². The van der Waals surface area contributed by atoms with Gasteiger partial charge in [0, 0.05) is 19.2 Å². The number of ether oxygens (including phenoxy) is 1. The molecule has 6 nitrogen and oxygen atoms in total. The van der Waals surface area contributed by atoms with Crippen molar-refractivity contribution >= 4 is 11.6 Å². The number of hydrazine groups is 1. The van der Waals surface area contributed by atoms with E-state index in [4.69, 9.17) is 10.5 Å². The fourth-order valence-corrected chi connectivity index (χ4v) is 1.49. The summed E-state index contributed by atoms with van der Waals surface area (Å²) in [5.74, 6) is 1.89. The number of nitrogens with zero attached hydrogens (tertiary/aromatic N) is 3. The van der Waals surface area contributed by atoms with Crippen LogP contribution in [0.1, 0.15) is 5.82 Å².